The maximum Gasteiger partial charge on any atom is 0.303 e. The molecule has 1 aromatic heterocycles. The fraction of sp³-hybridized carbons (Fsp3) is 0.360. The van der Waals surface area contributed by atoms with E-state index >= 15 is 0 Å². The van der Waals surface area contributed by atoms with Crippen LogP contribution in [0.1, 0.15) is 53.2 Å². The number of aromatic nitrogens is 1. The zero-order valence-electron chi connectivity index (χ0n) is 18.0. The lowest BCUT2D eigenvalue weighted by Gasteiger charge is -2.12. The van der Waals surface area contributed by atoms with E-state index in [1.54, 1.807) is 0 Å². The Kier molecular flexibility index (Phi) is 5.62. The van der Waals surface area contributed by atoms with Gasteiger partial charge in [0.1, 0.15) is 17.6 Å². The van der Waals surface area contributed by atoms with Crippen LogP contribution in [0.5, 0.6) is 5.75 Å². The van der Waals surface area contributed by atoms with Gasteiger partial charge in [-0.2, -0.15) is 0 Å². The molecular weight excluding hydrogens is 378 g/mol. The molecule has 1 heterocycles. The number of aryl methyl sites for hydroxylation is 4. The van der Waals surface area contributed by atoms with Crippen LogP contribution in [0.4, 0.5) is 0 Å². The summed E-state index contributed by atoms with van der Waals surface area (Å²) < 4.78 is 17.2. The number of ether oxygens (including phenoxy) is 2. The zero-order valence-corrected chi connectivity index (χ0v) is 18.0. The molecule has 0 spiro atoms. The van der Waals surface area contributed by atoms with Crippen LogP contribution in [-0.4, -0.2) is 17.6 Å². The van der Waals surface area contributed by atoms with Crippen LogP contribution < -0.4 is 4.74 Å². The van der Waals surface area contributed by atoms with Gasteiger partial charge in [0.15, 0.2) is 0 Å². The summed E-state index contributed by atoms with van der Waals surface area (Å²) >= 11 is 0. The van der Waals surface area contributed by atoms with E-state index in [0.29, 0.717) is 18.9 Å². The number of hydrogen-bond acceptors (Lipinski definition) is 5. The van der Waals surface area contributed by atoms with E-state index in [2.05, 4.69) is 37.0 Å². The van der Waals surface area contributed by atoms with E-state index in [0.717, 1.165) is 41.2 Å². The van der Waals surface area contributed by atoms with Gasteiger partial charge in [-0.05, 0) is 80.1 Å². The lowest BCUT2D eigenvalue weighted by Crippen LogP contribution is -2.05. The molecule has 1 unspecified atom stereocenters. The van der Waals surface area contributed by atoms with Crippen molar-refractivity contribution < 1.29 is 18.7 Å². The van der Waals surface area contributed by atoms with Crippen LogP contribution >= 0.6 is 0 Å². The molecule has 156 valence electrons. The van der Waals surface area contributed by atoms with Crippen LogP contribution in [0.2, 0.25) is 0 Å². The molecule has 0 N–H and O–H groups in total. The Labute approximate surface area is 177 Å². The summed E-state index contributed by atoms with van der Waals surface area (Å²) in [5.74, 6) is 2.06. The van der Waals surface area contributed by atoms with Crippen molar-refractivity contribution in [3.05, 3.63) is 70.1 Å². The standard InChI is InChI=1S/C25H27NO4/c1-15-5-6-20(13-16(15)2)25-26-23(17(3)29-25)11-12-28-21-8-9-22-19(14-21)7-10-24(22)30-18(4)27/h5-6,8-9,13-14,24H,7,10-12H2,1-4H3. The molecule has 3 aromatic rings. The molecule has 1 aliphatic carbocycles. The molecule has 0 saturated carbocycles. The monoisotopic (exact) mass is 405 g/mol. The molecule has 5 heteroatoms. The van der Waals surface area contributed by atoms with Crippen molar-refractivity contribution in [2.45, 2.75) is 53.1 Å². The highest BCUT2D eigenvalue weighted by atomic mass is 16.5. The second-order valence-electron chi connectivity index (χ2n) is 7.92. The molecule has 0 aliphatic heterocycles. The Morgan fingerprint density at radius 3 is 2.73 bits per heavy atom. The maximum atomic E-state index is 11.2. The fourth-order valence-corrected chi connectivity index (χ4v) is 3.89. The third-order valence-electron chi connectivity index (χ3n) is 5.70. The lowest BCUT2D eigenvalue weighted by molar-refractivity contribution is -0.146. The molecule has 30 heavy (non-hydrogen) atoms. The Morgan fingerprint density at radius 2 is 1.97 bits per heavy atom. The number of fused-ring (bicyclic) bond motifs is 1. The summed E-state index contributed by atoms with van der Waals surface area (Å²) in [7, 11) is 0. The number of oxazole rings is 1. The number of rotatable bonds is 6. The van der Waals surface area contributed by atoms with E-state index < -0.39 is 0 Å². The van der Waals surface area contributed by atoms with E-state index in [1.807, 2.05) is 25.1 Å². The summed E-state index contributed by atoms with van der Waals surface area (Å²) in [4.78, 5) is 15.9. The van der Waals surface area contributed by atoms with Gasteiger partial charge < -0.3 is 13.9 Å². The highest BCUT2D eigenvalue weighted by Crippen LogP contribution is 2.36. The van der Waals surface area contributed by atoms with Crippen LogP contribution in [0, 0.1) is 20.8 Å². The summed E-state index contributed by atoms with van der Waals surface area (Å²) in [6.45, 7) is 8.10. The number of hydrogen-bond donors (Lipinski definition) is 0. The smallest absolute Gasteiger partial charge is 0.303 e. The third-order valence-corrected chi connectivity index (χ3v) is 5.70. The van der Waals surface area contributed by atoms with Gasteiger partial charge >= 0.3 is 5.97 Å². The molecule has 0 radical (unpaired) electrons. The first-order valence-corrected chi connectivity index (χ1v) is 10.4. The van der Waals surface area contributed by atoms with Gasteiger partial charge in [0.2, 0.25) is 5.89 Å². The minimum atomic E-state index is -0.240. The molecule has 5 nitrogen and oxygen atoms in total. The average Bonchev–Trinajstić information content (AvgIpc) is 3.27. The van der Waals surface area contributed by atoms with Crippen molar-refractivity contribution in [2.24, 2.45) is 0 Å². The molecule has 0 fully saturated rings. The van der Waals surface area contributed by atoms with Gasteiger partial charge in [-0.1, -0.05) is 12.1 Å². The Bertz CT molecular complexity index is 1080. The average molecular weight is 405 g/mol. The summed E-state index contributed by atoms with van der Waals surface area (Å²) in [5.41, 5.74) is 6.66. The number of esters is 1. The minimum absolute atomic E-state index is 0.131. The quantitative estimate of drug-likeness (QED) is 0.511. The van der Waals surface area contributed by atoms with E-state index in [4.69, 9.17) is 13.9 Å². The normalized spacial score (nSPS) is 15.1. The van der Waals surface area contributed by atoms with Crippen molar-refractivity contribution in [3.63, 3.8) is 0 Å². The van der Waals surface area contributed by atoms with Crippen molar-refractivity contribution in [2.75, 3.05) is 6.61 Å². The highest BCUT2D eigenvalue weighted by molar-refractivity contribution is 5.66. The second kappa shape index (κ2) is 8.34. The number of carbonyl (C=O) groups is 1. The van der Waals surface area contributed by atoms with E-state index in [-0.39, 0.29) is 12.1 Å². The predicted molar refractivity (Wildman–Crippen MR) is 115 cm³/mol. The second-order valence-corrected chi connectivity index (χ2v) is 7.92. The number of carbonyl (C=O) groups excluding carboxylic acids is 1. The zero-order chi connectivity index (χ0) is 21.3. The first kappa shape index (κ1) is 20.2. The van der Waals surface area contributed by atoms with Crippen molar-refractivity contribution >= 4 is 5.97 Å². The Balaban J connectivity index is 1.39. The predicted octanol–water partition coefficient (Wildman–Crippen LogP) is 5.44. The van der Waals surface area contributed by atoms with Crippen molar-refractivity contribution in [3.8, 4) is 17.2 Å². The van der Waals surface area contributed by atoms with Gasteiger partial charge in [-0.25, -0.2) is 4.98 Å². The van der Waals surface area contributed by atoms with Crippen LogP contribution in [0.3, 0.4) is 0 Å². The number of nitrogens with zero attached hydrogens (tertiary/aromatic N) is 1. The SMILES string of the molecule is CC(=O)OC1CCc2cc(OCCc3nc(-c4ccc(C)c(C)c4)oc3C)ccc21. The minimum Gasteiger partial charge on any atom is -0.493 e. The molecule has 1 aliphatic rings. The molecular formula is C25H27NO4. The van der Waals surface area contributed by atoms with Crippen LogP contribution in [0.25, 0.3) is 11.5 Å². The molecule has 0 saturated heterocycles. The molecule has 4 rings (SSSR count). The lowest BCUT2D eigenvalue weighted by atomic mass is 10.1. The first-order chi connectivity index (χ1) is 14.4. The highest BCUT2D eigenvalue weighted by Gasteiger charge is 2.25. The van der Waals surface area contributed by atoms with Gasteiger partial charge in [0, 0.05) is 18.9 Å². The third kappa shape index (κ3) is 4.25. The van der Waals surface area contributed by atoms with E-state index in [1.165, 1.54) is 23.6 Å². The largest absolute Gasteiger partial charge is 0.493 e. The Hall–Kier alpha value is -3.08. The van der Waals surface area contributed by atoms with Gasteiger partial charge in [0.25, 0.3) is 0 Å². The van der Waals surface area contributed by atoms with Crippen molar-refractivity contribution in [1.29, 1.82) is 0 Å². The Morgan fingerprint density at radius 1 is 1.13 bits per heavy atom. The van der Waals surface area contributed by atoms with Gasteiger partial charge in [-0.15, -0.1) is 0 Å². The maximum absolute atomic E-state index is 11.2. The molecule has 0 bridgehead atoms. The van der Waals surface area contributed by atoms with E-state index in [9.17, 15) is 4.79 Å². The van der Waals surface area contributed by atoms with Crippen LogP contribution in [0.15, 0.2) is 40.8 Å². The first-order valence-electron chi connectivity index (χ1n) is 10.4. The van der Waals surface area contributed by atoms with Gasteiger partial charge in [-0.3, -0.25) is 4.79 Å². The van der Waals surface area contributed by atoms with Gasteiger partial charge in [0.05, 0.1) is 12.3 Å². The van der Waals surface area contributed by atoms with Crippen LogP contribution in [-0.2, 0) is 22.4 Å². The summed E-state index contributed by atoms with van der Waals surface area (Å²) in [5, 5.41) is 0. The molecule has 1 atom stereocenters. The van der Waals surface area contributed by atoms with Crippen molar-refractivity contribution in [1.82, 2.24) is 4.98 Å². The summed E-state index contributed by atoms with van der Waals surface area (Å²) in [6, 6.07) is 12.2. The number of benzene rings is 2. The molecule has 2 aromatic carbocycles. The fourth-order valence-electron chi connectivity index (χ4n) is 3.89. The topological polar surface area (TPSA) is 61.6 Å². The molecule has 0 amide bonds. The summed E-state index contributed by atoms with van der Waals surface area (Å²) in [6.07, 6.45) is 2.27.